The second kappa shape index (κ2) is 7.12. The summed E-state index contributed by atoms with van der Waals surface area (Å²) in [4.78, 5) is 26.0. The van der Waals surface area contributed by atoms with E-state index in [0.717, 1.165) is 32.3 Å². The molecule has 2 aliphatic rings. The summed E-state index contributed by atoms with van der Waals surface area (Å²) in [7, 11) is 0. The van der Waals surface area contributed by atoms with Crippen molar-refractivity contribution in [1.29, 1.82) is 0 Å². The molecule has 7 heteroatoms. The summed E-state index contributed by atoms with van der Waals surface area (Å²) in [6, 6.07) is 1.60. The van der Waals surface area contributed by atoms with E-state index in [1.165, 1.54) is 0 Å². The van der Waals surface area contributed by atoms with E-state index in [9.17, 15) is 9.59 Å². The van der Waals surface area contributed by atoms with Crippen LogP contribution in [0.4, 0.5) is 0 Å². The molecule has 1 unspecified atom stereocenters. The Morgan fingerprint density at radius 3 is 2.87 bits per heavy atom. The first-order valence-electron chi connectivity index (χ1n) is 8.31. The van der Waals surface area contributed by atoms with Crippen LogP contribution < -0.4 is 5.32 Å². The van der Waals surface area contributed by atoms with Gasteiger partial charge in [0.15, 0.2) is 11.5 Å². The summed E-state index contributed by atoms with van der Waals surface area (Å²) < 4.78 is 10.9. The summed E-state index contributed by atoms with van der Waals surface area (Å²) in [5.41, 5.74) is 0.248. The molecule has 1 saturated carbocycles. The third-order valence-corrected chi connectivity index (χ3v) is 4.16. The molecule has 1 aromatic heterocycles. The van der Waals surface area contributed by atoms with E-state index in [1.807, 2.05) is 6.92 Å². The van der Waals surface area contributed by atoms with Gasteiger partial charge in [0.2, 0.25) is 5.91 Å². The van der Waals surface area contributed by atoms with Gasteiger partial charge in [0.05, 0.1) is 12.6 Å². The summed E-state index contributed by atoms with van der Waals surface area (Å²) in [5.74, 6) is 0.554. The molecule has 3 rings (SSSR count). The molecule has 7 nitrogen and oxygen atoms in total. The lowest BCUT2D eigenvalue weighted by Crippen LogP contribution is -2.37. The van der Waals surface area contributed by atoms with Crippen molar-refractivity contribution in [3.05, 3.63) is 17.5 Å². The molecular weight excluding hydrogens is 298 g/mol. The average Bonchev–Trinajstić information content (AvgIpc) is 3.06. The van der Waals surface area contributed by atoms with E-state index < -0.39 is 0 Å². The number of ether oxygens (including phenoxy) is 1. The van der Waals surface area contributed by atoms with Crippen LogP contribution in [0.2, 0.25) is 0 Å². The number of hydrogen-bond acceptors (Lipinski definition) is 5. The Kier molecular flexibility index (Phi) is 4.95. The molecule has 2 heterocycles. The molecule has 0 aromatic carbocycles. The van der Waals surface area contributed by atoms with Gasteiger partial charge in [0.25, 0.3) is 5.91 Å². The molecule has 1 aliphatic carbocycles. The smallest absolute Gasteiger partial charge is 0.273 e. The molecule has 1 N–H and O–H groups in total. The fraction of sp³-hybridized carbons (Fsp3) is 0.688. The predicted octanol–water partition coefficient (Wildman–Crippen LogP) is 1.34. The van der Waals surface area contributed by atoms with Gasteiger partial charge >= 0.3 is 0 Å². The van der Waals surface area contributed by atoms with Gasteiger partial charge in [-0.3, -0.25) is 9.59 Å². The highest BCUT2D eigenvalue weighted by Crippen LogP contribution is 2.32. The maximum absolute atomic E-state index is 12.5. The normalized spacial score (nSPS) is 20.5. The van der Waals surface area contributed by atoms with Crippen molar-refractivity contribution >= 4 is 11.8 Å². The van der Waals surface area contributed by atoms with Gasteiger partial charge < -0.3 is 19.5 Å². The molecule has 23 heavy (non-hydrogen) atoms. The van der Waals surface area contributed by atoms with Gasteiger partial charge in [-0.25, -0.2) is 0 Å². The molecule has 0 bridgehead atoms. The van der Waals surface area contributed by atoms with E-state index in [2.05, 4.69) is 10.5 Å². The fourth-order valence-electron chi connectivity index (χ4n) is 2.79. The minimum atomic E-state index is -0.262. The van der Waals surface area contributed by atoms with Crippen LogP contribution in [0.3, 0.4) is 0 Å². The highest BCUT2D eigenvalue weighted by atomic mass is 16.5. The lowest BCUT2D eigenvalue weighted by atomic mass is 10.2. The van der Waals surface area contributed by atoms with Crippen LogP contribution in [-0.4, -0.2) is 47.7 Å². The minimum Gasteiger partial charge on any atom is -0.376 e. The van der Waals surface area contributed by atoms with Crippen molar-refractivity contribution in [3.8, 4) is 0 Å². The molecule has 126 valence electrons. The highest BCUT2D eigenvalue weighted by molar-refractivity contribution is 5.92. The van der Waals surface area contributed by atoms with Crippen LogP contribution >= 0.6 is 0 Å². The van der Waals surface area contributed by atoms with Gasteiger partial charge in [-0.1, -0.05) is 5.16 Å². The number of carbonyl (C=O) groups is 2. The number of carbonyl (C=O) groups excluding carboxylic acids is 2. The SMILES string of the molecule is CCNC(=O)c1cc(CN(CC2CCCO2)C(=O)C2CC2)on1. The molecule has 2 fully saturated rings. The van der Waals surface area contributed by atoms with Gasteiger partial charge in [-0.15, -0.1) is 0 Å². The lowest BCUT2D eigenvalue weighted by molar-refractivity contribution is -0.135. The first kappa shape index (κ1) is 16.0. The standard InChI is InChI=1S/C16H23N3O4/c1-2-17-15(20)14-8-13(23-18-14)10-19(16(21)11-5-6-11)9-12-4-3-7-22-12/h8,11-12H,2-7,9-10H2,1H3,(H,17,20). The van der Waals surface area contributed by atoms with Crippen molar-refractivity contribution in [2.24, 2.45) is 5.92 Å². The number of rotatable bonds is 7. The van der Waals surface area contributed by atoms with Gasteiger partial charge in [-0.2, -0.15) is 0 Å². The maximum atomic E-state index is 12.5. The molecule has 0 spiro atoms. The average molecular weight is 321 g/mol. The summed E-state index contributed by atoms with van der Waals surface area (Å²) in [6.45, 7) is 4.05. The number of hydrogen-bond donors (Lipinski definition) is 1. The van der Waals surface area contributed by atoms with E-state index in [4.69, 9.17) is 9.26 Å². The largest absolute Gasteiger partial charge is 0.376 e. The van der Waals surface area contributed by atoms with Crippen LogP contribution in [0.5, 0.6) is 0 Å². The number of nitrogens with one attached hydrogen (secondary N) is 1. The second-order valence-electron chi connectivity index (χ2n) is 6.17. The zero-order valence-corrected chi connectivity index (χ0v) is 13.4. The van der Waals surface area contributed by atoms with Crippen molar-refractivity contribution in [3.63, 3.8) is 0 Å². The number of nitrogens with zero attached hydrogens (tertiary/aromatic N) is 2. The Morgan fingerprint density at radius 2 is 2.22 bits per heavy atom. The number of amides is 2. The molecule has 1 saturated heterocycles. The summed E-state index contributed by atoms with van der Waals surface area (Å²) >= 11 is 0. The monoisotopic (exact) mass is 321 g/mol. The third kappa shape index (κ3) is 4.10. The van der Waals surface area contributed by atoms with Gasteiger partial charge in [0.1, 0.15) is 0 Å². The van der Waals surface area contributed by atoms with Crippen LogP contribution in [0.1, 0.15) is 48.9 Å². The molecule has 1 atom stereocenters. The Morgan fingerprint density at radius 1 is 1.39 bits per heavy atom. The van der Waals surface area contributed by atoms with E-state index in [-0.39, 0.29) is 29.5 Å². The van der Waals surface area contributed by atoms with E-state index in [1.54, 1.807) is 11.0 Å². The highest BCUT2D eigenvalue weighted by Gasteiger charge is 2.35. The number of aromatic nitrogens is 1. The van der Waals surface area contributed by atoms with Crippen molar-refractivity contribution in [2.45, 2.75) is 45.3 Å². The molecule has 1 aliphatic heterocycles. The fourth-order valence-corrected chi connectivity index (χ4v) is 2.79. The Hall–Kier alpha value is -1.89. The molecular formula is C16H23N3O4. The zero-order chi connectivity index (χ0) is 16.2. The van der Waals surface area contributed by atoms with Crippen molar-refractivity contribution in [1.82, 2.24) is 15.4 Å². The molecule has 2 amide bonds. The van der Waals surface area contributed by atoms with E-state index in [0.29, 0.717) is 25.4 Å². The summed E-state index contributed by atoms with van der Waals surface area (Å²) in [5, 5.41) is 6.46. The van der Waals surface area contributed by atoms with Crippen LogP contribution in [0, 0.1) is 5.92 Å². The van der Waals surface area contributed by atoms with Crippen molar-refractivity contribution in [2.75, 3.05) is 19.7 Å². The molecule has 1 aromatic rings. The summed E-state index contributed by atoms with van der Waals surface area (Å²) in [6.07, 6.45) is 4.04. The zero-order valence-electron chi connectivity index (χ0n) is 13.4. The van der Waals surface area contributed by atoms with Crippen LogP contribution in [-0.2, 0) is 16.1 Å². The molecule has 0 radical (unpaired) electrons. The predicted molar refractivity (Wildman–Crippen MR) is 81.6 cm³/mol. The third-order valence-electron chi connectivity index (χ3n) is 4.16. The minimum absolute atomic E-state index is 0.100. The Bertz CT molecular complexity index is 561. The maximum Gasteiger partial charge on any atom is 0.273 e. The van der Waals surface area contributed by atoms with E-state index >= 15 is 0 Å². The first-order chi connectivity index (χ1) is 11.2. The van der Waals surface area contributed by atoms with Crippen LogP contribution in [0.15, 0.2) is 10.6 Å². The Labute approximate surface area is 135 Å². The first-order valence-corrected chi connectivity index (χ1v) is 8.31. The van der Waals surface area contributed by atoms with Gasteiger partial charge in [0, 0.05) is 31.7 Å². The van der Waals surface area contributed by atoms with Gasteiger partial charge in [-0.05, 0) is 32.6 Å². The van der Waals surface area contributed by atoms with Crippen LogP contribution in [0.25, 0.3) is 0 Å². The quantitative estimate of drug-likeness (QED) is 0.819. The topological polar surface area (TPSA) is 84.7 Å². The van der Waals surface area contributed by atoms with Crippen molar-refractivity contribution < 1.29 is 18.8 Å². The lowest BCUT2D eigenvalue weighted by Gasteiger charge is -2.24. The Balaban J connectivity index is 1.64. The second-order valence-corrected chi connectivity index (χ2v) is 6.17.